The molecular formula is C18H14ClF3N4O3. The Hall–Kier alpha value is -3.14. The zero-order valence-electron chi connectivity index (χ0n) is 15.2. The average Bonchev–Trinajstić information content (AvgIpc) is 3.14. The average molecular weight is 427 g/mol. The van der Waals surface area contributed by atoms with E-state index in [1.54, 1.807) is 12.1 Å². The van der Waals surface area contributed by atoms with E-state index in [0.29, 0.717) is 22.0 Å². The van der Waals surface area contributed by atoms with Crippen molar-refractivity contribution in [2.45, 2.75) is 13.1 Å². The molecule has 2 heterocycles. The molecule has 0 unspecified atom stereocenters. The van der Waals surface area contributed by atoms with Gasteiger partial charge in [0.1, 0.15) is 0 Å². The third-order valence-electron chi connectivity index (χ3n) is 3.85. The van der Waals surface area contributed by atoms with E-state index in [9.17, 15) is 18.0 Å². The monoisotopic (exact) mass is 426 g/mol. The summed E-state index contributed by atoms with van der Waals surface area (Å²) >= 11 is 6.08. The van der Waals surface area contributed by atoms with Gasteiger partial charge >= 0.3 is 12.1 Å². The van der Waals surface area contributed by atoms with E-state index in [-0.39, 0.29) is 12.3 Å². The van der Waals surface area contributed by atoms with Crippen molar-refractivity contribution in [2.24, 2.45) is 0 Å². The van der Waals surface area contributed by atoms with Crippen molar-refractivity contribution in [3.63, 3.8) is 0 Å². The lowest BCUT2D eigenvalue weighted by molar-refractivity contribution is -0.141. The normalized spacial score (nSPS) is 11.4. The zero-order chi connectivity index (χ0) is 21.2. The summed E-state index contributed by atoms with van der Waals surface area (Å²) in [7, 11) is 1.45. The molecule has 0 saturated carbocycles. The summed E-state index contributed by atoms with van der Waals surface area (Å²) in [6.07, 6.45) is -3.44. The first-order valence-electron chi connectivity index (χ1n) is 8.26. The number of esters is 1. The van der Waals surface area contributed by atoms with E-state index in [0.717, 1.165) is 4.68 Å². The van der Waals surface area contributed by atoms with Crippen molar-refractivity contribution in [2.75, 3.05) is 13.7 Å². The molecule has 0 spiro atoms. The predicted octanol–water partition coefficient (Wildman–Crippen LogP) is 4.19. The summed E-state index contributed by atoms with van der Waals surface area (Å²) in [5, 5.41) is 7.06. The van der Waals surface area contributed by atoms with Crippen LogP contribution in [0.1, 0.15) is 23.1 Å². The Morgan fingerprint density at radius 2 is 2.00 bits per heavy atom. The van der Waals surface area contributed by atoms with Crippen LogP contribution in [-0.2, 0) is 10.9 Å². The zero-order valence-corrected chi connectivity index (χ0v) is 16.0. The molecule has 152 valence electrons. The largest absolute Gasteiger partial charge is 0.481 e. The van der Waals surface area contributed by atoms with Gasteiger partial charge in [-0.15, -0.1) is 5.10 Å². The molecule has 0 aliphatic carbocycles. The summed E-state index contributed by atoms with van der Waals surface area (Å²) in [6.45, 7) is 1.37. The summed E-state index contributed by atoms with van der Waals surface area (Å²) in [5.41, 5.74) is -1.22. The second-order valence-electron chi connectivity index (χ2n) is 5.67. The van der Waals surface area contributed by atoms with E-state index in [1.807, 2.05) is 0 Å². The minimum atomic E-state index is -4.89. The molecule has 3 aromatic rings. The predicted molar refractivity (Wildman–Crippen MR) is 97.1 cm³/mol. The number of halogens is 4. The van der Waals surface area contributed by atoms with Gasteiger partial charge in [0.05, 0.1) is 19.4 Å². The number of pyridine rings is 1. The van der Waals surface area contributed by atoms with Crippen LogP contribution in [0.2, 0.25) is 5.02 Å². The third-order valence-corrected chi connectivity index (χ3v) is 4.09. The number of ether oxygens (including phenoxy) is 2. The van der Waals surface area contributed by atoms with Crippen LogP contribution in [0, 0.1) is 0 Å². The van der Waals surface area contributed by atoms with Gasteiger partial charge in [-0.05, 0) is 31.2 Å². The van der Waals surface area contributed by atoms with Gasteiger partial charge in [-0.1, -0.05) is 16.8 Å². The van der Waals surface area contributed by atoms with Gasteiger partial charge in [0, 0.05) is 28.4 Å². The van der Waals surface area contributed by atoms with Gasteiger partial charge in [-0.3, -0.25) is 0 Å². The molecule has 2 aromatic heterocycles. The minimum absolute atomic E-state index is 0.114. The Kier molecular flexibility index (Phi) is 5.73. The molecule has 0 amide bonds. The Bertz CT molecular complexity index is 1040. The molecule has 0 fully saturated rings. The lowest BCUT2D eigenvalue weighted by Crippen LogP contribution is -2.18. The van der Waals surface area contributed by atoms with Gasteiger partial charge in [0.2, 0.25) is 11.6 Å². The van der Waals surface area contributed by atoms with Gasteiger partial charge in [0.15, 0.2) is 5.69 Å². The van der Waals surface area contributed by atoms with E-state index in [1.165, 1.54) is 38.4 Å². The number of hydrogen-bond acceptors (Lipinski definition) is 6. The highest BCUT2D eigenvalue weighted by molar-refractivity contribution is 6.31. The Morgan fingerprint density at radius 1 is 1.24 bits per heavy atom. The molecule has 1 aromatic carbocycles. The first-order valence-corrected chi connectivity index (χ1v) is 8.64. The Balaban J connectivity index is 2.23. The van der Waals surface area contributed by atoms with Gasteiger partial charge in [-0.2, -0.15) is 13.2 Å². The highest BCUT2D eigenvalue weighted by Gasteiger charge is 2.42. The van der Waals surface area contributed by atoms with Crippen LogP contribution in [0.25, 0.3) is 16.8 Å². The fourth-order valence-corrected chi connectivity index (χ4v) is 2.78. The van der Waals surface area contributed by atoms with Crippen LogP contribution in [0.15, 0.2) is 36.5 Å². The van der Waals surface area contributed by atoms with Crippen molar-refractivity contribution in [1.29, 1.82) is 0 Å². The SMILES string of the molecule is CCOC(=O)c1c(C(F)(F)F)nnn1-c1ccc(Cl)cc1-c1ccc(OC)nc1. The molecule has 0 aliphatic heterocycles. The van der Waals surface area contributed by atoms with Crippen LogP contribution in [0.3, 0.4) is 0 Å². The maximum absolute atomic E-state index is 13.4. The summed E-state index contributed by atoms with van der Waals surface area (Å²) < 4.78 is 50.7. The molecule has 7 nitrogen and oxygen atoms in total. The van der Waals surface area contributed by atoms with E-state index < -0.39 is 23.5 Å². The van der Waals surface area contributed by atoms with Gasteiger partial charge in [0.25, 0.3) is 0 Å². The quantitative estimate of drug-likeness (QED) is 0.569. The fraction of sp³-hybridized carbons (Fsp3) is 0.222. The number of carbonyl (C=O) groups excluding carboxylic acids is 1. The van der Waals surface area contributed by atoms with Crippen LogP contribution in [-0.4, -0.2) is 39.7 Å². The second-order valence-corrected chi connectivity index (χ2v) is 6.10. The molecule has 0 radical (unpaired) electrons. The van der Waals surface area contributed by atoms with Gasteiger partial charge in [-0.25, -0.2) is 14.5 Å². The number of nitrogens with zero attached hydrogens (tertiary/aromatic N) is 4. The Labute approximate surface area is 168 Å². The van der Waals surface area contributed by atoms with E-state index >= 15 is 0 Å². The molecule has 0 N–H and O–H groups in total. The molecule has 0 atom stereocenters. The van der Waals surface area contributed by atoms with E-state index in [2.05, 4.69) is 15.3 Å². The first kappa shape index (κ1) is 20.6. The van der Waals surface area contributed by atoms with E-state index in [4.69, 9.17) is 21.1 Å². The van der Waals surface area contributed by atoms with Crippen LogP contribution < -0.4 is 4.74 Å². The van der Waals surface area contributed by atoms with Gasteiger partial charge < -0.3 is 9.47 Å². The lowest BCUT2D eigenvalue weighted by atomic mass is 10.1. The molecule has 29 heavy (non-hydrogen) atoms. The van der Waals surface area contributed by atoms with Crippen molar-refractivity contribution in [3.8, 4) is 22.7 Å². The minimum Gasteiger partial charge on any atom is -0.481 e. The number of methoxy groups -OCH3 is 1. The number of rotatable bonds is 5. The molecular weight excluding hydrogens is 413 g/mol. The topological polar surface area (TPSA) is 79.1 Å². The molecule has 3 rings (SSSR count). The molecule has 0 saturated heterocycles. The highest BCUT2D eigenvalue weighted by atomic mass is 35.5. The fourth-order valence-electron chi connectivity index (χ4n) is 2.61. The number of aromatic nitrogens is 4. The smallest absolute Gasteiger partial charge is 0.437 e. The van der Waals surface area contributed by atoms with Crippen molar-refractivity contribution >= 4 is 17.6 Å². The highest BCUT2D eigenvalue weighted by Crippen LogP contribution is 2.35. The number of hydrogen-bond donors (Lipinski definition) is 0. The third kappa shape index (κ3) is 4.16. The van der Waals surface area contributed by atoms with Crippen LogP contribution in [0.4, 0.5) is 13.2 Å². The second kappa shape index (κ2) is 8.08. The van der Waals surface area contributed by atoms with Crippen molar-refractivity contribution in [1.82, 2.24) is 20.0 Å². The van der Waals surface area contributed by atoms with Crippen molar-refractivity contribution < 1.29 is 27.4 Å². The number of alkyl halides is 3. The van der Waals surface area contributed by atoms with Crippen LogP contribution in [0.5, 0.6) is 5.88 Å². The first-order chi connectivity index (χ1) is 13.8. The summed E-state index contributed by atoms with van der Waals surface area (Å²) in [6, 6.07) is 7.63. The molecule has 0 aliphatic rings. The maximum Gasteiger partial charge on any atom is 0.437 e. The summed E-state index contributed by atoms with van der Waals surface area (Å²) in [5.74, 6) is -0.844. The molecule has 0 bridgehead atoms. The summed E-state index contributed by atoms with van der Waals surface area (Å²) in [4.78, 5) is 16.4. The van der Waals surface area contributed by atoms with Crippen LogP contribution >= 0.6 is 11.6 Å². The maximum atomic E-state index is 13.4. The molecule has 11 heteroatoms. The lowest BCUT2D eigenvalue weighted by Gasteiger charge is -2.13. The standard InChI is InChI=1S/C18H14ClF3N4O3/c1-3-29-17(27)15-16(18(20,21)22)24-25-26(15)13-6-5-11(19)8-12(13)10-4-7-14(28-2)23-9-10/h4-9H,3H2,1-2H3. The number of carbonyl (C=O) groups is 1. The Morgan fingerprint density at radius 3 is 2.59 bits per heavy atom. The van der Waals surface area contributed by atoms with Crippen molar-refractivity contribution in [3.05, 3.63) is 52.9 Å². The number of benzene rings is 1.